The van der Waals surface area contributed by atoms with Crippen LogP contribution in [0.15, 0.2) is 195 Å². The Morgan fingerprint density at radius 3 is 1.90 bits per heavy atom. The van der Waals surface area contributed by atoms with Crippen molar-refractivity contribution in [1.29, 1.82) is 0 Å². The molecule has 0 aliphatic heterocycles. The van der Waals surface area contributed by atoms with Crippen molar-refractivity contribution in [1.82, 2.24) is 0 Å². The van der Waals surface area contributed by atoms with Gasteiger partial charge in [0.05, 0.1) is 0 Å². The molecule has 2 unspecified atom stereocenters. The highest BCUT2D eigenvalue weighted by Gasteiger charge is 2.35. The van der Waals surface area contributed by atoms with Crippen LogP contribution in [0.2, 0.25) is 0 Å². The lowest BCUT2D eigenvalue weighted by Crippen LogP contribution is -2.21. The molecule has 0 saturated carbocycles. The molecule has 0 bridgehead atoms. The van der Waals surface area contributed by atoms with Crippen molar-refractivity contribution in [2.24, 2.45) is 5.92 Å². The van der Waals surface area contributed by atoms with Gasteiger partial charge in [-0.15, -0.1) is 0 Å². The second kappa shape index (κ2) is 13.3. The Morgan fingerprint density at radius 2 is 1.14 bits per heavy atom. The van der Waals surface area contributed by atoms with Gasteiger partial charge < -0.3 is 0 Å². The smallest absolute Gasteiger partial charge is 0.0131 e. The molecular formula is C58H42. The van der Waals surface area contributed by atoms with Gasteiger partial charge in [-0.25, -0.2) is 0 Å². The van der Waals surface area contributed by atoms with Gasteiger partial charge in [0.25, 0.3) is 0 Å². The van der Waals surface area contributed by atoms with Gasteiger partial charge in [-0.1, -0.05) is 172 Å². The number of fused-ring (bicyclic) bond motifs is 13. The molecule has 2 atom stereocenters. The van der Waals surface area contributed by atoms with Gasteiger partial charge >= 0.3 is 0 Å². The van der Waals surface area contributed by atoms with E-state index in [1.165, 1.54) is 116 Å². The molecule has 0 radical (unpaired) electrons. The first-order chi connectivity index (χ1) is 28.6. The Hall–Kier alpha value is -7.02. The summed E-state index contributed by atoms with van der Waals surface area (Å²) in [6, 6.07) is 40.6. The number of benzene rings is 7. The largest absolute Gasteiger partial charge is 0.0991 e. The van der Waals surface area contributed by atoms with Gasteiger partial charge in [0, 0.05) is 11.8 Å². The normalized spacial score (nSPS) is 17.2. The van der Waals surface area contributed by atoms with Gasteiger partial charge in [-0.05, 0) is 158 Å². The fourth-order valence-electron chi connectivity index (χ4n) is 10.7. The van der Waals surface area contributed by atoms with E-state index in [2.05, 4.69) is 178 Å². The molecule has 4 aliphatic carbocycles. The second-order valence-corrected chi connectivity index (χ2v) is 16.0. The van der Waals surface area contributed by atoms with Crippen LogP contribution >= 0.6 is 0 Å². The molecule has 0 amide bonds. The Labute approximate surface area is 340 Å². The maximum Gasteiger partial charge on any atom is 0.0131 e. The molecule has 4 aliphatic rings. The van der Waals surface area contributed by atoms with Crippen LogP contribution < -0.4 is 0 Å². The Kier molecular flexibility index (Phi) is 7.85. The van der Waals surface area contributed by atoms with Crippen LogP contribution in [-0.2, 0) is 0 Å². The Bertz CT molecular complexity index is 3180. The van der Waals surface area contributed by atoms with E-state index >= 15 is 0 Å². The molecule has 0 saturated heterocycles. The van der Waals surface area contributed by atoms with Crippen molar-refractivity contribution in [3.8, 4) is 33.4 Å². The predicted molar refractivity (Wildman–Crippen MR) is 252 cm³/mol. The van der Waals surface area contributed by atoms with E-state index in [4.69, 9.17) is 0 Å². The number of rotatable bonds is 8. The molecule has 7 aromatic carbocycles. The molecule has 58 heavy (non-hydrogen) atoms. The van der Waals surface area contributed by atoms with Crippen LogP contribution in [0, 0.1) is 5.92 Å². The molecule has 0 fully saturated rings. The van der Waals surface area contributed by atoms with Gasteiger partial charge in [0.1, 0.15) is 0 Å². The van der Waals surface area contributed by atoms with Crippen LogP contribution in [0.3, 0.4) is 0 Å². The average Bonchev–Trinajstić information content (AvgIpc) is 3.75. The van der Waals surface area contributed by atoms with Crippen molar-refractivity contribution in [2.45, 2.75) is 18.8 Å². The van der Waals surface area contributed by atoms with Crippen molar-refractivity contribution < 1.29 is 0 Å². The van der Waals surface area contributed by atoms with Gasteiger partial charge in [-0.3, -0.25) is 0 Å². The highest BCUT2D eigenvalue weighted by Crippen LogP contribution is 2.54. The van der Waals surface area contributed by atoms with E-state index in [1.807, 2.05) is 18.2 Å². The molecule has 0 spiro atoms. The number of hydrogen-bond donors (Lipinski definition) is 0. The zero-order chi connectivity index (χ0) is 39.1. The topological polar surface area (TPSA) is 0 Å². The zero-order valence-corrected chi connectivity index (χ0v) is 32.6. The Balaban J connectivity index is 1.04. The van der Waals surface area contributed by atoms with E-state index in [1.54, 1.807) is 0 Å². The monoisotopic (exact) mass is 738 g/mol. The predicted octanol–water partition coefficient (Wildman–Crippen LogP) is 15.9. The van der Waals surface area contributed by atoms with Gasteiger partial charge in [0.15, 0.2) is 0 Å². The van der Waals surface area contributed by atoms with Crippen molar-refractivity contribution in [3.05, 3.63) is 229 Å². The summed E-state index contributed by atoms with van der Waals surface area (Å²) >= 11 is 0. The van der Waals surface area contributed by atoms with E-state index in [0.717, 1.165) is 18.4 Å². The fraction of sp³-hybridized carbons (Fsp3) is 0.0690. The molecule has 274 valence electrons. The highest BCUT2D eigenvalue weighted by atomic mass is 14.4. The summed E-state index contributed by atoms with van der Waals surface area (Å²) in [7, 11) is 0. The second-order valence-electron chi connectivity index (χ2n) is 16.0. The van der Waals surface area contributed by atoms with Crippen LogP contribution in [0.1, 0.15) is 52.1 Å². The van der Waals surface area contributed by atoms with Crippen LogP contribution in [0.4, 0.5) is 0 Å². The maximum absolute atomic E-state index is 4.60. The summed E-state index contributed by atoms with van der Waals surface area (Å²) < 4.78 is 0. The molecule has 7 aromatic rings. The maximum atomic E-state index is 4.60. The minimum absolute atomic E-state index is 0.209. The fourth-order valence-corrected chi connectivity index (χ4v) is 10.7. The van der Waals surface area contributed by atoms with E-state index in [-0.39, 0.29) is 11.8 Å². The quantitative estimate of drug-likeness (QED) is 0.108. The van der Waals surface area contributed by atoms with Crippen molar-refractivity contribution in [2.75, 3.05) is 0 Å². The SMILES string of the molecule is C=C/C=C(/CC/C(=C/C=C)c1cc2c3cccc4c3c(cc2c2ccccc12)-c1ccccc1-4)C1=Cc2c(cc3c(c2C=C)C(=C)c2ccccc2-3)C2C=CC=CC12. The average molecular weight is 739 g/mol. The lowest BCUT2D eigenvalue weighted by molar-refractivity contribution is 0.654. The van der Waals surface area contributed by atoms with E-state index in [0.29, 0.717) is 0 Å². The van der Waals surface area contributed by atoms with Crippen molar-refractivity contribution in [3.63, 3.8) is 0 Å². The lowest BCUT2D eigenvalue weighted by Gasteiger charge is -2.35. The first-order valence-electron chi connectivity index (χ1n) is 20.4. The highest BCUT2D eigenvalue weighted by molar-refractivity contribution is 6.28. The number of allylic oxidation sites excluding steroid dienone is 11. The molecular weight excluding hydrogens is 697 g/mol. The standard InChI is InChI=1S/C58H42/c1-5-17-36(49-31-51-38(7-3)57-35(4)39-19-8-9-20-40(39)55(57)33-52(51)44-24-13-11-22-42(44)49)29-30-37(18-6-2)50-32-54-48-28-16-27-47-41-21-10-15-26-46(41)56(58(47)48)34-53(54)45-25-14-12-23-43(45)50/h5-28,31-34,42,44H,1-4,29-30H2/b36-17-,37-18-. The summed E-state index contributed by atoms with van der Waals surface area (Å²) in [5, 5.41) is 7.80. The first kappa shape index (κ1) is 34.2. The molecule has 0 heteroatoms. The molecule has 11 rings (SSSR count). The molecule has 0 heterocycles. The van der Waals surface area contributed by atoms with Crippen molar-refractivity contribution >= 4 is 55.6 Å². The third-order valence-electron chi connectivity index (χ3n) is 13.2. The minimum atomic E-state index is 0.209. The summed E-state index contributed by atoms with van der Waals surface area (Å²) in [4.78, 5) is 0. The van der Waals surface area contributed by atoms with E-state index in [9.17, 15) is 0 Å². The zero-order valence-electron chi connectivity index (χ0n) is 32.6. The summed E-state index contributed by atoms with van der Waals surface area (Å²) in [5.41, 5.74) is 20.3. The molecule has 0 aromatic heterocycles. The number of hydrogen-bond acceptors (Lipinski definition) is 0. The van der Waals surface area contributed by atoms with Crippen LogP contribution in [-0.4, -0.2) is 0 Å². The van der Waals surface area contributed by atoms with E-state index < -0.39 is 0 Å². The Morgan fingerprint density at radius 1 is 0.534 bits per heavy atom. The lowest BCUT2D eigenvalue weighted by atomic mass is 9.68. The van der Waals surface area contributed by atoms with Crippen LogP contribution in [0.5, 0.6) is 0 Å². The van der Waals surface area contributed by atoms with Gasteiger partial charge in [-0.2, -0.15) is 0 Å². The molecule has 0 nitrogen and oxygen atoms in total. The first-order valence-corrected chi connectivity index (χ1v) is 20.4. The third-order valence-corrected chi connectivity index (χ3v) is 13.2. The minimum Gasteiger partial charge on any atom is -0.0991 e. The summed E-state index contributed by atoms with van der Waals surface area (Å²) in [5.74, 6) is 0.420. The summed E-state index contributed by atoms with van der Waals surface area (Å²) in [6.45, 7) is 17.4. The van der Waals surface area contributed by atoms with Gasteiger partial charge in [0.2, 0.25) is 0 Å². The van der Waals surface area contributed by atoms with Crippen LogP contribution in [0.25, 0.3) is 89.0 Å². The summed E-state index contributed by atoms with van der Waals surface area (Å²) in [6.07, 6.45) is 23.8. The third kappa shape index (κ3) is 4.88. The molecule has 0 N–H and O–H groups in total.